The lowest BCUT2D eigenvalue weighted by molar-refractivity contribution is -0.139. The van der Waals surface area contributed by atoms with E-state index in [0.717, 1.165) is 58.0 Å². The van der Waals surface area contributed by atoms with Crippen LogP contribution in [0.15, 0.2) is 0 Å². The Morgan fingerprint density at radius 3 is 2.24 bits per heavy atom. The lowest BCUT2D eigenvalue weighted by Crippen LogP contribution is -2.43. The Morgan fingerprint density at radius 2 is 1.82 bits per heavy atom. The van der Waals surface area contributed by atoms with E-state index in [9.17, 15) is 10.1 Å². The molecule has 1 aliphatic rings. The first kappa shape index (κ1) is 14.0. The SMILES string of the molecule is CCCN(CC)C(=O)C1(C#N)CCCCCC1. The molecule has 0 radical (unpaired) electrons. The molecule has 1 rings (SSSR count). The summed E-state index contributed by atoms with van der Waals surface area (Å²) in [7, 11) is 0. The van der Waals surface area contributed by atoms with Gasteiger partial charge in [-0.05, 0) is 26.2 Å². The summed E-state index contributed by atoms with van der Waals surface area (Å²) < 4.78 is 0. The normalized spacial score (nSPS) is 19.1. The highest BCUT2D eigenvalue weighted by Crippen LogP contribution is 2.36. The maximum atomic E-state index is 12.5. The molecule has 0 heterocycles. The van der Waals surface area contributed by atoms with E-state index in [1.165, 1.54) is 0 Å². The summed E-state index contributed by atoms with van der Waals surface area (Å²) in [4.78, 5) is 14.4. The van der Waals surface area contributed by atoms with E-state index in [4.69, 9.17) is 0 Å². The van der Waals surface area contributed by atoms with Crippen LogP contribution in [0.2, 0.25) is 0 Å². The molecule has 0 aromatic heterocycles. The number of hydrogen-bond acceptors (Lipinski definition) is 2. The van der Waals surface area contributed by atoms with Gasteiger partial charge in [0.2, 0.25) is 5.91 Å². The minimum atomic E-state index is -0.721. The molecule has 0 unspecified atom stereocenters. The van der Waals surface area contributed by atoms with Crippen LogP contribution in [0, 0.1) is 16.7 Å². The van der Waals surface area contributed by atoms with Gasteiger partial charge in [-0.15, -0.1) is 0 Å². The molecule has 3 nitrogen and oxygen atoms in total. The van der Waals surface area contributed by atoms with Crippen LogP contribution < -0.4 is 0 Å². The predicted octanol–water partition coefficient (Wildman–Crippen LogP) is 3.11. The molecular formula is C14H24N2O. The van der Waals surface area contributed by atoms with E-state index in [0.29, 0.717) is 0 Å². The largest absolute Gasteiger partial charge is 0.342 e. The molecule has 1 fully saturated rings. The highest BCUT2D eigenvalue weighted by molar-refractivity contribution is 5.85. The summed E-state index contributed by atoms with van der Waals surface area (Å²) in [6.07, 6.45) is 6.82. The number of carbonyl (C=O) groups excluding carboxylic acids is 1. The summed E-state index contributed by atoms with van der Waals surface area (Å²) in [5, 5.41) is 9.45. The van der Waals surface area contributed by atoms with E-state index >= 15 is 0 Å². The van der Waals surface area contributed by atoms with Crippen LogP contribution in [0.1, 0.15) is 58.8 Å². The van der Waals surface area contributed by atoms with Gasteiger partial charge >= 0.3 is 0 Å². The molecule has 0 aromatic carbocycles. The highest BCUT2D eigenvalue weighted by Gasteiger charge is 2.40. The standard InChI is InChI=1S/C14H24N2O/c1-3-11-16(4-2)13(17)14(12-15)9-7-5-6-8-10-14/h3-11H2,1-2H3. The minimum Gasteiger partial charge on any atom is -0.342 e. The molecule has 0 aliphatic heterocycles. The number of carbonyl (C=O) groups is 1. The number of nitrogens with zero attached hydrogens (tertiary/aromatic N) is 2. The maximum absolute atomic E-state index is 12.5. The summed E-state index contributed by atoms with van der Waals surface area (Å²) in [6, 6.07) is 2.34. The second-order valence-electron chi connectivity index (χ2n) is 4.99. The van der Waals surface area contributed by atoms with E-state index in [1.807, 2.05) is 11.8 Å². The van der Waals surface area contributed by atoms with Crippen molar-refractivity contribution in [3.05, 3.63) is 0 Å². The first-order valence-electron chi connectivity index (χ1n) is 6.91. The van der Waals surface area contributed by atoms with Crippen molar-refractivity contribution in [2.45, 2.75) is 58.8 Å². The third-order valence-electron chi connectivity index (χ3n) is 3.74. The topological polar surface area (TPSA) is 44.1 Å². The Kier molecular flexibility index (Phi) is 5.47. The number of hydrogen-bond donors (Lipinski definition) is 0. The quantitative estimate of drug-likeness (QED) is 0.704. The fraction of sp³-hybridized carbons (Fsp3) is 0.857. The first-order valence-corrected chi connectivity index (χ1v) is 6.91. The van der Waals surface area contributed by atoms with Crippen molar-refractivity contribution in [2.24, 2.45) is 5.41 Å². The van der Waals surface area contributed by atoms with Gasteiger partial charge in [-0.2, -0.15) is 5.26 Å². The molecule has 0 atom stereocenters. The molecule has 96 valence electrons. The summed E-state index contributed by atoms with van der Waals surface area (Å²) >= 11 is 0. The second kappa shape index (κ2) is 6.64. The zero-order valence-corrected chi connectivity index (χ0v) is 11.2. The van der Waals surface area contributed by atoms with Crippen molar-refractivity contribution in [3.8, 4) is 6.07 Å². The third-order valence-corrected chi connectivity index (χ3v) is 3.74. The van der Waals surface area contributed by atoms with Crippen LogP contribution in [0.3, 0.4) is 0 Å². The number of nitriles is 1. The molecule has 17 heavy (non-hydrogen) atoms. The molecule has 1 amide bonds. The van der Waals surface area contributed by atoms with Crippen LogP contribution in [0.4, 0.5) is 0 Å². The number of amides is 1. The average Bonchev–Trinajstić information content (AvgIpc) is 2.61. The van der Waals surface area contributed by atoms with Crippen molar-refractivity contribution in [3.63, 3.8) is 0 Å². The van der Waals surface area contributed by atoms with Crippen molar-refractivity contribution in [2.75, 3.05) is 13.1 Å². The van der Waals surface area contributed by atoms with Gasteiger partial charge in [0.1, 0.15) is 5.41 Å². The van der Waals surface area contributed by atoms with Gasteiger partial charge in [0.15, 0.2) is 0 Å². The monoisotopic (exact) mass is 236 g/mol. The van der Waals surface area contributed by atoms with Crippen molar-refractivity contribution < 1.29 is 4.79 Å². The van der Waals surface area contributed by atoms with Crippen molar-refractivity contribution in [1.82, 2.24) is 4.90 Å². The fourth-order valence-electron chi connectivity index (χ4n) is 2.68. The zero-order chi connectivity index (χ0) is 12.7. The zero-order valence-electron chi connectivity index (χ0n) is 11.2. The Balaban J connectivity index is 2.83. The maximum Gasteiger partial charge on any atom is 0.243 e. The average molecular weight is 236 g/mol. The number of rotatable bonds is 4. The molecule has 0 aromatic rings. The Labute approximate surface area is 105 Å². The fourth-order valence-corrected chi connectivity index (χ4v) is 2.68. The second-order valence-corrected chi connectivity index (χ2v) is 4.99. The molecule has 1 saturated carbocycles. The van der Waals surface area contributed by atoms with E-state index < -0.39 is 5.41 Å². The predicted molar refractivity (Wildman–Crippen MR) is 68.3 cm³/mol. The Morgan fingerprint density at radius 1 is 1.24 bits per heavy atom. The van der Waals surface area contributed by atoms with Gasteiger partial charge in [-0.25, -0.2) is 0 Å². The highest BCUT2D eigenvalue weighted by atomic mass is 16.2. The van der Waals surface area contributed by atoms with Gasteiger partial charge in [0.25, 0.3) is 0 Å². The van der Waals surface area contributed by atoms with E-state index in [1.54, 1.807) is 0 Å². The minimum absolute atomic E-state index is 0.0752. The lowest BCUT2D eigenvalue weighted by atomic mass is 9.80. The molecule has 1 aliphatic carbocycles. The molecular weight excluding hydrogens is 212 g/mol. The van der Waals surface area contributed by atoms with Crippen molar-refractivity contribution in [1.29, 1.82) is 5.26 Å². The summed E-state index contributed by atoms with van der Waals surface area (Å²) in [5.41, 5.74) is -0.721. The van der Waals surface area contributed by atoms with E-state index in [-0.39, 0.29) is 5.91 Å². The van der Waals surface area contributed by atoms with Crippen molar-refractivity contribution >= 4 is 5.91 Å². The van der Waals surface area contributed by atoms with Crippen LogP contribution in [0.5, 0.6) is 0 Å². The van der Waals surface area contributed by atoms with Gasteiger partial charge < -0.3 is 4.90 Å². The summed E-state index contributed by atoms with van der Waals surface area (Å²) in [5.74, 6) is 0.0752. The first-order chi connectivity index (χ1) is 8.20. The molecule has 0 bridgehead atoms. The third kappa shape index (κ3) is 3.21. The Bertz CT molecular complexity index is 285. The van der Waals surface area contributed by atoms with Crippen LogP contribution in [-0.2, 0) is 4.79 Å². The lowest BCUT2D eigenvalue weighted by Gasteiger charge is -2.31. The molecule has 0 N–H and O–H groups in total. The summed E-state index contributed by atoms with van der Waals surface area (Å²) in [6.45, 7) is 5.56. The molecule has 0 spiro atoms. The molecule has 0 saturated heterocycles. The smallest absolute Gasteiger partial charge is 0.243 e. The van der Waals surface area contributed by atoms with E-state index in [2.05, 4.69) is 13.0 Å². The Hall–Kier alpha value is -1.04. The van der Waals surface area contributed by atoms with Gasteiger partial charge in [0, 0.05) is 13.1 Å². The van der Waals surface area contributed by atoms with Crippen LogP contribution >= 0.6 is 0 Å². The molecule has 3 heteroatoms. The van der Waals surface area contributed by atoms with Crippen LogP contribution in [0.25, 0.3) is 0 Å². The van der Waals surface area contributed by atoms with Gasteiger partial charge in [-0.3, -0.25) is 4.79 Å². The van der Waals surface area contributed by atoms with Gasteiger partial charge in [0.05, 0.1) is 6.07 Å². The van der Waals surface area contributed by atoms with Crippen LogP contribution in [-0.4, -0.2) is 23.9 Å². The van der Waals surface area contributed by atoms with Gasteiger partial charge in [-0.1, -0.05) is 32.6 Å².